The van der Waals surface area contributed by atoms with Gasteiger partial charge >= 0.3 is 12.1 Å². The van der Waals surface area contributed by atoms with Gasteiger partial charge in [-0.15, -0.1) is 0 Å². The summed E-state index contributed by atoms with van der Waals surface area (Å²) in [7, 11) is 1.11. The van der Waals surface area contributed by atoms with Crippen molar-refractivity contribution >= 4 is 35.1 Å². The summed E-state index contributed by atoms with van der Waals surface area (Å²) in [6.07, 6.45) is -4.79. The number of methoxy groups -OCH3 is 1. The van der Waals surface area contributed by atoms with E-state index < -0.39 is 35.2 Å². The van der Waals surface area contributed by atoms with Gasteiger partial charge < -0.3 is 10.1 Å². The number of ether oxygens (including phenoxy) is 1. The monoisotopic (exact) mass is 419 g/mol. The summed E-state index contributed by atoms with van der Waals surface area (Å²) in [6.45, 7) is 0. The molecule has 1 atom stereocenters. The summed E-state index contributed by atoms with van der Waals surface area (Å²) < 4.78 is 44.0. The molecule has 0 saturated heterocycles. The van der Waals surface area contributed by atoms with Crippen LogP contribution in [0.2, 0.25) is 10.0 Å². The van der Waals surface area contributed by atoms with Gasteiger partial charge in [-0.05, 0) is 29.8 Å². The van der Waals surface area contributed by atoms with Crippen molar-refractivity contribution in [2.45, 2.75) is 18.6 Å². The van der Waals surface area contributed by atoms with Crippen LogP contribution in [0.1, 0.15) is 21.5 Å². The fourth-order valence-electron chi connectivity index (χ4n) is 2.41. The van der Waals surface area contributed by atoms with E-state index in [9.17, 15) is 22.8 Å². The van der Waals surface area contributed by atoms with E-state index in [0.717, 1.165) is 19.2 Å². The SMILES string of the molecule is COC(=O)[C@@H](Cc1ccc(Cl)cc1Cl)NC(=O)c1ccccc1C(F)(F)F. The standard InChI is InChI=1S/C18H14Cl2F3NO3/c1-27-17(26)15(8-10-6-7-11(19)9-14(10)20)24-16(25)12-4-2-3-5-13(12)18(21,22)23/h2-7,9,15H,8H2,1H3,(H,24,25)/t15-/m1/s1. The molecule has 0 aliphatic rings. The van der Waals surface area contributed by atoms with Gasteiger partial charge in [0.25, 0.3) is 5.91 Å². The summed E-state index contributed by atoms with van der Waals surface area (Å²) in [5.74, 6) is -1.87. The molecule has 0 heterocycles. The molecule has 0 aromatic heterocycles. The molecule has 0 spiro atoms. The number of alkyl halides is 3. The molecule has 2 aromatic rings. The first-order valence-corrected chi connectivity index (χ1v) is 8.38. The number of benzene rings is 2. The lowest BCUT2D eigenvalue weighted by atomic mass is 10.0. The van der Waals surface area contributed by atoms with Crippen LogP contribution in [0.25, 0.3) is 0 Å². The zero-order chi connectivity index (χ0) is 20.2. The van der Waals surface area contributed by atoms with Crippen LogP contribution in [0.4, 0.5) is 13.2 Å². The highest BCUT2D eigenvalue weighted by atomic mass is 35.5. The van der Waals surface area contributed by atoms with Gasteiger partial charge in [0, 0.05) is 16.5 Å². The number of rotatable bonds is 5. The summed E-state index contributed by atoms with van der Waals surface area (Å²) in [4.78, 5) is 24.4. The van der Waals surface area contributed by atoms with Gasteiger partial charge in [-0.1, -0.05) is 41.4 Å². The summed E-state index contributed by atoms with van der Waals surface area (Å²) >= 11 is 11.9. The van der Waals surface area contributed by atoms with Crippen LogP contribution >= 0.6 is 23.2 Å². The minimum atomic E-state index is -4.71. The van der Waals surface area contributed by atoms with Crippen LogP contribution in [0.15, 0.2) is 42.5 Å². The Hall–Kier alpha value is -2.25. The molecule has 1 amide bonds. The van der Waals surface area contributed by atoms with Crippen molar-refractivity contribution in [1.29, 1.82) is 0 Å². The topological polar surface area (TPSA) is 55.4 Å². The molecular weight excluding hydrogens is 406 g/mol. The maximum Gasteiger partial charge on any atom is 0.417 e. The van der Waals surface area contributed by atoms with E-state index in [-0.39, 0.29) is 11.4 Å². The molecule has 0 saturated carbocycles. The minimum Gasteiger partial charge on any atom is -0.467 e. The van der Waals surface area contributed by atoms with E-state index in [1.165, 1.54) is 24.3 Å². The second-order valence-corrected chi connectivity index (χ2v) is 6.38. The van der Waals surface area contributed by atoms with E-state index in [2.05, 4.69) is 10.1 Å². The number of esters is 1. The number of halogens is 5. The van der Waals surface area contributed by atoms with Crippen LogP contribution in [0.5, 0.6) is 0 Å². The molecule has 0 aliphatic heterocycles. The van der Waals surface area contributed by atoms with Crippen LogP contribution in [0, 0.1) is 0 Å². The van der Waals surface area contributed by atoms with E-state index in [1.807, 2.05) is 0 Å². The van der Waals surface area contributed by atoms with Gasteiger partial charge in [-0.3, -0.25) is 4.79 Å². The Morgan fingerprint density at radius 1 is 1.15 bits per heavy atom. The average molecular weight is 420 g/mol. The van der Waals surface area contributed by atoms with E-state index in [1.54, 1.807) is 6.07 Å². The molecule has 0 aliphatic carbocycles. The first kappa shape index (κ1) is 21.1. The van der Waals surface area contributed by atoms with Crippen LogP contribution in [0.3, 0.4) is 0 Å². The minimum absolute atomic E-state index is 0.0808. The second kappa shape index (κ2) is 8.63. The van der Waals surface area contributed by atoms with Gasteiger partial charge in [-0.2, -0.15) is 13.2 Å². The van der Waals surface area contributed by atoms with Crippen molar-refractivity contribution in [3.8, 4) is 0 Å². The Kier molecular flexibility index (Phi) is 6.73. The Bertz CT molecular complexity index is 856. The zero-order valence-electron chi connectivity index (χ0n) is 13.9. The zero-order valence-corrected chi connectivity index (χ0v) is 15.5. The highest BCUT2D eigenvalue weighted by molar-refractivity contribution is 6.35. The summed E-state index contributed by atoms with van der Waals surface area (Å²) in [5.41, 5.74) is -1.22. The van der Waals surface area contributed by atoms with E-state index >= 15 is 0 Å². The molecule has 144 valence electrons. The van der Waals surface area contributed by atoms with Crippen LogP contribution < -0.4 is 5.32 Å². The lowest BCUT2D eigenvalue weighted by Gasteiger charge is -2.19. The van der Waals surface area contributed by atoms with E-state index in [0.29, 0.717) is 10.6 Å². The number of hydrogen-bond acceptors (Lipinski definition) is 3. The number of amides is 1. The van der Waals surface area contributed by atoms with Crippen LogP contribution in [-0.2, 0) is 22.1 Å². The molecule has 27 heavy (non-hydrogen) atoms. The van der Waals surface area contributed by atoms with Crippen LogP contribution in [-0.4, -0.2) is 25.0 Å². The first-order chi connectivity index (χ1) is 12.6. The highest BCUT2D eigenvalue weighted by Crippen LogP contribution is 2.32. The third kappa shape index (κ3) is 5.37. The van der Waals surface area contributed by atoms with Crippen molar-refractivity contribution in [3.05, 3.63) is 69.2 Å². The molecule has 0 unspecified atom stereocenters. The number of hydrogen-bond donors (Lipinski definition) is 1. The lowest BCUT2D eigenvalue weighted by Crippen LogP contribution is -2.43. The Balaban J connectivity index is 2.29. The van der Waals surface area contributed by atoms with Crippen molar-refractivity contribution in [2.24, 2.45) is 0 Å². The van der Waals surface area contributed by atoms with Gasteiger partial charge in [0.1, 0.15) is 6.04 Å². The van der Waals surface area contributed by atoms with Crippen molar-refractivity contribution in [1.82, 2.24) is 5.32 Å². The quantitative estimate of drug-likeness (QED) is 0.724. The maximum absolute atomic E-state index is 13.1. The average Bonchev–Trinajstić information content (AvgIpc) is 2.61. The predicted octanol–water partition coefficient (Wildman–Crippen LogP) is 4.53. The molecule has 0 radical (unpaired) electrons. The number of carbonyl (C=O) groups is 2. The first-order valence-electron chi connectivity index (χ1n) is 7.62. The summed E-state index contributed by atoms with van der Waals surface area (Å²) in [5, 5.41) is 2.91. The molecular formula is C18H14Cl2F3NO3. The number of carbonyl (C=O) groups excluding carboxylic acids is 2. The van der Waals surface area contributed by atoms with Gasteiger partial charge in [0.15, 0.2) is 0 Å². The third-order valence-corrected chi connectivity index (χ3v) is 4.29. The van der Waals surface area contributed by atoms with Gasteiger partial charge in [0.2, 0.25) is 0 Å². The van der Waals surface area contributed by atoms with Crippen molar-refractivity contribution < 1.29 is 27.5 Å². The molecule has 0 bridgehead atoms. The molecule has 2 rings (SSSR count). The van der Waals surface area contributed by atoms with Crippen molar-refractivity contribution in [2.75, 3.05) is 7.11 Å². The van der Waals surface area contributed by atoms with Gasteiger partial charge in [0.05, 0.1) is 18.2 Å². The molecule has 1 N–H and O–H groups in total. The van der Waals surface area contributed by atoms with Gasteiger partial charge in [-0.25, -0.2) is 4.79 Å². The molecule has 2 aromatic carbocycles. The van der Waals surface area contributed by atoms with E-state index in [4.69, 9.17) is 23.2 Å². The normalized spacial score (nSPS) is 12.4. The highest BCUT2D eigenvalue weighted by Gasteiger charge is 2.35. The van der Waals surface area contributed by atoms with Crippen molar-refractivity contribution in [3.63, 3.8) is 0 Å². The Morgan fingerprint density at radius 3 is 2.41 bits per heavy atom. The fraction of sp³-hybridized carbons (Fsp3) is 0.222. The molecule has 9 heteroatoms. The summed E-state index contributed by atoms with van der Waals surface area (Å²) in [6, 6.07) is 7.60. The maximum atomic E-state index is 13.1. The Morgan fingerprint density at radius 2 is 1.81 bits per heavy atom. The Labute approximate surface area is 163 Å². The smallest absolute Gasteiger partial charge is 0.417 e. The largest absolute Gasteiger partial charge is 0.467 e. The lowest BCUT2D eigenvalue weighted by molar-refractivity contribution is -0.142. The molecule has 4 nitrogen and oxygen atoms in total. The second-order valence-electron chi connectivity index (χ2n) is 5.53. The molecule has 0 fully saturated rings. The fourth-order valence-corrected chi connectivity index (χ4v) is 2.89. The number of nitrogens with one attached hydrogen (secondary N) is 1. The third-order valence-electron chi connectivity index (χ3n) is 3.71. The predicted molar refractivity (Wildman–Crippen MR) is 94.9 cm³/mol.